The molecule has 1 aromatic rings. The number of carbonyl (C=O) groups is 3. The van der Waals surface area contributed by atoms with Crippen LogP contribution in [0, 0.1) is 33.8 Å². The number of esters is 2. The molecule has 1 saturated heterocycles. The molecule has 0 saturated carbocycles. The first-order chi connectivity index (χ1) is 23.5. The first-order valence-corrected chi connectivity index (χ1v) is 17.4. The number of nitro benzene ring substituents is 1. The number of hydrogen-bond acceptors (Lipinski definition) is 11. The van der Waals surface area contributed by atoms with Crippen molar-refractivity contribution in [3.63, 3.8) is 0 Å². The minimum Gasteiger partial charge on any atom is -0.457 e. The maximum Gasteiger partial charge on any atom is 0.514 e. The van der Waals surface area contributed by atoms with Gasteiger partial charge in [-0.3, -0.25) is 19.7 Å². The van der Waals surface area contributed by atoms with E-state index in [1.807, 2.05) is 52.8 Å². The zero-order valence-electron chi connectivity index (χ0n) is 30.4. The van der Waals surface area contributed by atoms with Gasteiger partial charge in [-0.25, -0.2) is 4.79 Å². The van der Waals surface area contributed by atoms with Crippen LogP contribution in [-0.2, 0) is 28.5 Å². The monoisotopic (exact) mass is 699 g/mol. The van der Waals surface area contributed by atoms with Crippen molar-refractivity contribution >= 4 is 23.8 Å². The van der Waals surface area contributed by atoms with Crippen molar-refractivity contribution in [1.82, 2.24) is 0 Å². The standard InChI is InChI=1S/C38H53NO11/c1-9-31(49-37(42)47-30-16-14-29(15-17-30)39(44)45)27(6)36-32(48-36)21-23(2)11-10-12-25(4)35-26(5)13-18-33(46-28(7)40)38(8,43)20-19-24(3)22-34(41)50-35/h10-18,23-24,26-27,31-33,35-36,43H,9,19-22H2,1-8H3/b11-10+,18-13+,25-12+. The van der Waals surface area contributed by atoms with Crippen molar-refractivity contribution in [2.75, 3.05) is 0 Å². The summed E-state index contributed by atoms with van der Waals surface area (Å²) in [5, 5.41) is 22.0. The molecule has 12 heteroatoms. The highest BCUT2D eigenvalue weighted by molar-refractivity contribution is 5.70. The summed E-state index contributed by atoms with van der Waals surface area (Å²) >= 11 is 0. The van der Waals surface area contributed by atoms with Crippen LogP contribution < -0.4 is 4.74 Å². The van der Waals surface area contributed by atoms with E-state index < -0.39 is 41.0 Å². The summed E-state index contributed by atoms with van der Waals surface area (Å²) in [5.41, 5.74) is -0.545. The molecule has 50 heavy (non-hydrogen) atoms. The van der Waals surface area contributed by atoms with Gasteiger partial charge >= 0.3 is 18.1 Å². The highest BCUT2D eigenvalue weighted by Gasteiger charge is 2.46. The van der Waals surface area contributed by atoms with E-state index in [4.69, 9.17) is 23.7 Å². The molecule has 0 spiro atoms. The topological polar surface area (TPSA) is 164 Å². The number of rotatable bonds is 12. The fourth-order valence-corrected chi connectivity index (χ4v) is 6.20. The van der Waals surface area contributed by atoms with E-state index in [9.17, 15) is 29.6 Å². The summed E-state index contributed by atoms with van der Waals surface area (Å²) in [7, 11) is 0. The SMILES string of the molecule is CCC(OC(=O)Oc1ccc([N+](=O)[O-])cc1)C(C)C1OC1CC(C)/C=C/C=C(\C)C1OC(=O)CC(C)CCC(C)(O)C(OC(C)=O)/C=C/C1C. The molecular weight excluding hydrogens is 646 g/mol. The van der Waals surface area contributed by atoms with Gasteiger partial charge in [0.1, 0.15) is 29.7 Å². The summed E-state index contributed by atoms with van der Waals surface area (Å²) < 4.78 is 28.2. The molecule has 2 aliphatic heterocycles. The number of non-ortho nitro benzene ring substituents is 1. The fourth-order valence-electron chi connectivity index (χ4n) is 6.20. The van der Waals surface area contributed by atoms with E-state index in [0.29, 0.717) is 19.3 Å². The number of aliphatic hydroxyl groups is 1. The minimum atomic E-state index is -1.28. The second-order valence-corrected chi connectivity index (χ2v) is 14.1. The third-order valence-corrected chi connectivity index (χ3v) is 9.37. The maximum absolute atomic E-state index is 12.9. The molecule has 276 valence electrons. The van der Waals surface area contributed by atoms with E-state index in [2.05, 4.69) is 13.0 Å². The van der Waals surface area contributed by atoms with Crippen LogP contribution in [0.2, 0.25) is 0 Å². The van der Waals surface area contributed by atoms with Gasteiger partial charge in [-0.15, -0.1) is 0 Å². The smallest absolute Gasteiger partial charge is 0.457 e. The van der Waals surface area contributed by atoms with Crippen molar-refractivity contribution in [3.8, 4) is 5.75 Å². The number of benzene rings is 1. The summed E-state index contributed by atoms with van der Waals surface area (Å²) in [4.78, 5) is 47.4. The van der Waals surface area contributed by atoms with Crippen molar-refractivity contribution in [2.45, 2.75) is 124 Å². The Bertz CT molecular complexity index is 1420. The fraction of sp³-hybridized carbons (Fsp3) is 0.605. The Morgan fingerprint density at radius 1 is 1.16 bits per heavy atom. The average Bonchev–Trinajstić information content (AvgIpc) is 3.81. The van der Waals surface area contributed by atoms with Gasteiger partial charge in [-0.2, -0.15) is 0 Å². The molecule has 1 N–H and O–H groups in total. The van der Waals surface area contributed by atoms with E-state index in [1.165, 1.54) is 31.2 Å². The first-order valence-electron chi connectivity index (χ1n) is 17.4. The predicted octanol–water partition coefficient (Wildman–Crippen LogP) is 7.43. The maximum atomic E-state index is 12.9. The molecule has 0 aliphatic carbocycles. The van der Waals surface area contributed by atoms with Crippen molar-refractivity contribution in [1.29, 1.82) is 0 Å². The minimum absolute atomic E-state index is 0.000131. The van der Waals surface area contributed by atoms with Crippen molar-refractivity contribution in [3.05, 3.63) is 70.3 Å². The molecule has 12 nitrogen and oxygen atoms in total. The number of ether oxygens (including phenoxy) is 5. The van der Waals surface area contributed by atoms with Gasteiger partial charge in [0.25, 0.3) is 5.69 Å². The number of nitrogens with zero attached hydrogens (tertiary/aromatic N) is 1. The molecule has 10 unspecified atom stereocenters. The summed E-state index contributed by atoms with van der Waals surface area (Å²) in [5.74, 6) is -0.827. The Balaban J connectivity index is 1.58. The van der Waals surface area contributed by atoms with Gasteiger partial charge in [0, 0.05) is 37.3 Å². The van der Waals surface area contributed by atoms with E-state index in [1.54, 1.807) is 13.0 Å². The molecule has 0 aromatic heterocycles. The third-order valence-electron chi connectivity index (χ3n) is 9.37. The van der Waals surface area contributed by atoms with E-state index in [-0.39, 0.29) is 59.7 Å². The van der Waals surface area contributed by atoms with Crippen LogP contribution in [0.1, 0.15) is 87.5 Å². The highest BCUT2D eigenvalue weighted by atomic mass is 16.7. The van der Waals surface area contributed by atoms with Crippen LogP contribution in [0.4, 0.5) is 10.5 Å². The molecule has 0 radical (unpaired) electrons. The van der Waals surface area contributed by atoms with Gasteiger partial charge in [0.05, 0.1) is 17.1 Å². The largest absolute Gasteiger partial charge is 0.514 e. The Morgan fingerprint density at radius 2 is 1.84 bits per heavy atom. The molecule has 0 amide bonds. The zero-order chi connectivity index (χ0) is 37.2. The summed E-state index contributed by atoms with van der Waals surface area (Å²) in [6.07, 6.45) is 9.14. The normalized spacial score (nSPS) is 30.1. The Morgan fingerprint density at radius 3 is 2.46 bits per heavy atom. The Kier molecular flexibility index (Phi) is 14.8. The van der Waals surface area contributed by atoms with Crippen molar-refractivity contribution in [2.24, 2.45) is 23.7 Å². The lowest BCUT2D eigenvalue weighted by molar-refractivity contribution is -0.384. The number of cyclic esters (lactones) is 1. The van der Waals surface area contributed by atoms with Crippen LogP contribution in [-0.4, -0.2) is 64.2 Å². The summed E-state index contributed by atoms with van der Waals surface area (Å²) in [6, 6.07) is 5.19. The number of hydrogen-bond donors (Lipinski definition) is 1. The second-order valence-electron chi connectivity index (χ2n) is 14.1. The van der Waals surface area contributed by atoms with Gasteiger partial charge < -0.3 is 28.8 Å². The van der Waals surface area contributed by atoms with Crippen LogP contribution >= 0.6 is 0 Å². The third kappa shape index (κ3) is 12.4. The molecule has 10 atom stereocenters. The average molecular weight is 700 g/mol. The second kappa shape index (κ2) is 18.3. The predicted molar refractivity (Wildman–Crippen MR) is 186 cm³/mol. The molecule has 0 bridgehead atoms. The highest BCUT2D eigenvalue weighted by Crippen LogP contribution is 2.37. The zero-order valence-corrected chi connectivity index (χ0v) is 30.4. The molecule has 1 aromatic carbocycles. The van der Waals surface area contributed by atoms with Crippen LogP contribution in [0.25, 0.3) is 0 Å². The first kappa shape index (κ1) is 40.4. The Hall–Kier alpha value is -4.03. The van der Waals surface area contributed by atoms with Crippen LogP contribution in [0.15, 0.2) is 60.2 Å². The lowest BCUT2D eigenvalue weighted by atomic mass is 9.87. The number of nitro groups is 1. The van der Waals surface area contributed by atoms with E-state index in [0.717, 1.165) is 12.0 Å². The van der Waals surface area contributed by atoms with Gasteiger partial charge in [-0.1, -0.05) is 58.9 Å². The van der Waals surface area contributed by atoms with Crippen LogP contribution in [0.5, 0.6) is 5.75 Å². The van der Waals surface area contributed by atoms with Crippen molar-refractivity contribution < 1.29 is 48.1 Å². The molecule has 3 rings (SSSR count). The van der Waals surface area contributed by atoms with Crippen LogP contribution in [0.3, 0.4) is 0 Å². The van der Waals surface area contributed by atoms with Gasteiger partial charge in [0.2, 0.25) is 0 Å². The van der Waals surface area contributed by atoms with E-state index >= 15 is 0 Å². The molecule has 1 fully saturated rings. The quantitative estimate of drug-likeness (QED) is 0.0337. The number of carbonyl (C=O) groups excluding carboxylic acids is 3. The number of epoxide rings is 1. The molecule has 2 heterocycles. The molecular formula is C38H53NO11. The Labute approximate surface area is 295 Å². The molecule has 2 aliphatic rings. The number of allylic oxidation sites excluding steroid dienone is 3. The summed E-state index contributed by atoms with van der Waals surface area (Å²) in [6.45, 7) is 14.7. The van der Waals surface area contributed by atoms with Gasteiger partial charge in [0.15, 0.2) is 0 Å². The lowest BCUT2D eigenvalue weighted by Gasteiger charge is -2.32. The van der Waals surface area contributed by atoms with Gasteiger partial charge in [-0.05, 0) is 75.1 Å². The lowest BCUT2D eigenvalue weighted by Crippen LogP contribution is -2.41.